The van der Waals surface area contributed by atoms with Gasteiger partial charge in [0.1, 0.15) is 6.04 Å². The van der Waals surface area contributed by atoms with Gasteiger partial charge in [0.05, 0.1) is 19.1 Å². The molecular weight excluding hydrogens is 462 g/mol. The predicted octanol–water partition coefficient (Wildman–Crippen LogP) is 7.55. The van der Waals surface area contributed by atoms with Crippen LogP contribution in [0.25, 0.3) is 0 Å². The van der Waals surface area contributed by atoms with Crippen molar-refractivity contribution in [2.45, 2.75) is 99.5 Å². The van der Waals surface area contributed by atoms with Crippen molar-refractivity contribution in [2.24, 2.45) is 11.7 Å². The highest BCUT2D eigenvalue weighted by molar-refractivity contribution is 5.75. The van der Waals surface area contributed by atoms with Crippen molar-refractivity contribution in [3.8, 4) is 0 Å². The Hall–Kier alpha value is -2.66. The van der Waals surface area contributed by atoms with Gasteiger partial charge in [0, 0.05) is 0 Å². The summed E-state index contributed by atoms with van der Waals surface area (Å²) < 4.78 is 10.6. The van der Waals surface area contributed by atoms with Crippen molar-refractivity contribution >= 4 is 11.9 Å². The fraction of sp³-hybridized carbons (Fsp3) is 0.562. The first kappa shape index (κ1) is 36.5. The number of nitrogens with two attached hydrogens (primary N) is 1. The number of carbonyl (C=O) groups excluding carboxylic acids is 2. The number of hydrogen-bond acceptors (Lipinski definition) is 5. The van der Waals surface area contributed by atoms with Gasteiger partial charge in [-0.3, -0.25) is 9.59 Å². The largest absolute Gasteiger partial charge is 0.465 e. The maximum atomic E-state index is 12.1. The average molecular weight is 516 g/mol. The number of benzene rings is 2. The third-order valence-corrected chi connectivity index (χ3v) is 4.92. The highest BCUT2D eigenvalue weighted by Gasteiger charge is 2.16. The summed E-state index contributed by atoms with van der Waals surface area (Å²) in [6, 6.07) is 19.0. The Morgan fingerprint density at radius 2 is 1.05 bits per heavy atom. The summed E-state index contributed by atoms with van der Waals surface area (Å²) in [4.78, 5) is 24.0. The lowest BCUT2D eigenvalue weighted by molar-refractivity contribution is -0.148. The summed E-state index contributed by atoms with van der Waals surface area (Å²) in [5.41, 5.74) is 8.07. The van der Waals surface area contributed by atoms with Crippen molar-refractivity contribution in [3.63, 3.8) is 0 Å². The molecule has 0 aliphatic carbocycles. The highest BCUT2D eigenvalue weighted by atomic mass is 16.5. The van der Waals surface area contributed by atoms with Crippen LogP contribution in [0.5, 0.6) is 0 Å². The predicted molar refractivity (Wildman–Crippen MR) is 156 cm³/mol. The maximum Gasteiger partial charge on any atom is 0.323 e. The van der Waals surface area contributed by atoms with Crippen molar-refractivity contribution in [3.05, 3.63) is 71.8 Å². The van der Waals surface area contributed by atoms with Crippen molar-refractivity contribution in [1.29, 1.82) is 0 Å². The van der Waals surface area contributed by atoms with Crippen LogP contribution >= 0.6 is 0 Å². The zero-order valence-electron chi connectivity index (χ0n) is 24.5. The van der Waals surface area contributed by atoms with Crippen LogP contribution in [0.3, 0.4) is 0 Å². The van der Waals surface area contributed by atoms with Gasteiger partial charge >= 0.3 is 11.9 Å². The summed E-state index contributed by atoms with van der Waals surface area (Å²) in [6.07, 6.45) is 5.85. The molecule has 2 atom stereocenters. The molecule has 0 saturated carbocycles. The minimum atomic E-state index is -0.635. The molecule has 5 heteroatoms. The van der Waals surface area contributed by atoms with E-state index in [-0.39, 0.29) is 17.9 Å². The molecule has 0 aliphatic rings. The van der Waals surface area contributed by atoms with E-state index < -0.39 is 6.04 Å². The lowest BCUT2D eigenvalue weighted by Crippen LogP contribution is -2.34. The van der Waals surface area contributed by atoms with E-state index in [9.17, 15) is 9.59 Å². The van der Waals surface area contributed by atoms with E-state index in [1.165, 1.54) is 6.42 Å². The Morgan fingerprint density at radius 1 is 0.676 bits per heavy atom. The number of esters is 2. The van der Waals surface area contributed by atoms with Gasteiger partial charge in [0.25, 0.3) is 0 Å². The first-order chi connectivity index (χ1) is 18.0. The number of hydrogen-bond donors (Lipinski definition) is 1. The molecule has 2 unspecified atom stereocenters. The van der Waals surface area contributed by atoms with E-state index in [1.54, 1.807) is 0 Å². The zero-order chi connectivity index (χ0) is 28.3. The molecule has 2 rings (SSSR count). The first-order valence-corrected chi connectivity index (χ1v) is 14.1. The van der Waals surface area contributed by atoms with Gasteiger partial charge in [0.15, 0.2) is 0 Å². The number of carbonyl (C=O) groups is 2. The molecule has 0 fully saturated rings. The topological polar surface area (TPSA) is 78.6 Å². The average Bonchev–Trinajstić information content (AvgIpc) is 2.93. The molecule has 0 aliphatic heterocycles. The number of unbranched alkanes of at least 4 members (excludes halogenated alkanes) is 3. The summed E-state index contributed by atoms with van der Waals surface area (Å²) in [6.45, 7) is 14.9. The van der Waals surface area contributed by atoms with Crippen LogP contribution in [-0.2, 0) is 31.9 Å². The lowest BCUT2D eigenvalue weighted by Gasteiger charge is -2.12. The SMILES string of the molecule is CC.CC.CC(Cc1ccccc1)C(=O)OCCCCCCOC(=O)C(N)Cc1ccccc1.CCC. The molecule has 0 saturated heterocycles. The second-order valence-corrected chi connectivity index (χ2v) is 8.34. The molecular formula is C32H53NO4. The van der Waals surface area contributed by atoms with E-state index in [0.717, 1.165) is 36.8 Å². The molecule has 37 heavy (non-hydrogen) atoms. The molecule has 5 nitrogen and oxygen atoms in total. The van der Waals surface area contributed by atoms with E-state index in [1.807, 2.05) is 95.3 Å². The fourth-order valence-corrected chi connectivity index (χ4v) is 3.15. The lowest BCUT2D eigenvalue weighted by atomic mass is 10.0. The summed E-state index contributed by atoms with van der Waals surface area (Å²) in [5.74, 6) is -0.660. The monoisotopic (exact) mass is 515 g/mol. The third-order valence-electron chi connectivity index (χ3n) is 4.92. The van der Waals surface area contributed by atoms with Gasteiger partial charge in [-0.05, 0) is 49.7 Å². The van der Waals surface area contributed by atoms with Crippen LogP contribution in [0, 0.1) is 5.92 Å². The molecule has 0 heterocycles. The number of ether oxygens (including phenoxy) is 2. The zero-order valence-corrected chi connectivity index (χ0v) is 24.5. The highest BCUT2D eigenvalue weighted by Crippen LogP contribution is 2.11. The Bertz CT molecular complexity index is 699. The molecule has 0 amide bonds. The molecule has 0 aromatic heterocycles. The minimum absolute atomic E-state index is 0.146. The van der Waals surface area contributed by atoms with E-state index in [0.29, 0.717) is 26.1 Å². The van der Waals surface area contributed by atoms with E-state index in [2.05, 4.69) is 13.8 Å². The standard InChI is InChI=1S/C25H33NO4.C3H8.2C2H6/c1-20(18-21-12-6-4-7-13-21)24(27)29-16-10-2-3-11-17-30-25(28)23(26)19-22-14-8-5-9-15-22;1-3-2;2*1-2/h4-9,12-15,20,23H,2-3,10-11,16-19,26H2,1H3;3H2,1-2H3;2*1-2H3. The molecule has 2 N–H and O–H groups in total. The van der Waals surface area contributed by atoms with Crippen molar-refractivity contribution < 1.29 is 19.1 Å². The molecule has 0 bridgehead atoms. The van der Waals surface area contributed by atoms with Crippen LogP contribution in [0.4, 0.5) is 0 Å². The Morgan fingerprint density at radius 3 is 1.49 bits per heavy atom. The van der Waals surface area contributed by atoms with Crippen LogP contribution in [0.1, 0.15) is 91.7 Å². The second kappa shape index (κ2) is 26.4. The number of rotatable bonds is 13. The molecule has 2 aromatic carbocycles. The smallest absolute Gasteiger partial charge is 0.323 e. The minimum Gasteiger partial charge on any atom is -0.465 e. The van der Waals surface area contributed by atoms with Gasteiger partial charge in [-0.1, -0.05) is 116 Å². The Balaban J connectivity index is 0. The quantitative estimate of drug-likeness (QED) is 0.220. The van der Waals surface area contributed by atoms with Crippen LogP contribution < -0.4 is 5.73 Å². The van der Waals surface area contributed by atoms with Gasteiger partial charge in [-0.15, -0.1) is 0 Å². The van der Waals surface area contributed by atoms with E-state index in [4.69, 9.17) is 15.2 Å². The fourth-order valence-electron chi connectivity index (χ4n) is 3.15. The van der Waals surface area contributed by atoms with Gasteiger partial charge < -0.3 is 15.2 Å². The maximum absolute atomic E-state index is 12.1. The van der Waals surface area contributed by atoms with Crippen molar-refractivity contribution in [1.82, 2.24) is 0 Å². The van der Waals surface area contributed by atoms with Gasteiger partial charge in [0.2, 0.25) is 0 Å². The normalized spacial score (nSPS) is 11.1. The van der Waals surface area contributed by atoms with E-state index >= 15 is 0 Å². The van der Waals surface area contributed by atoms with Gasteiger partial charge in [-0.2, -0.15) is 0 Å². The summed E-state index contributed by atoms with van der Waals surface area (Å²) in [5, 5.41) is 0. The van der Waals surface area contributed by atoms with Crippen LogP contribution in [0.15, 0.2) is 60.7 Å². The second-order valence-electron chi connectivity index (χ2n) is 8.34. The molecule has 2 aromatic rings. The third kappa shape index (κ3) is 20.1. The summed E-state index contributed by atoms with van der Waals surface area (Å²) in [7, 11) is 0. The Labute approximate surface area is 227 Å². The van der Waals surface area contributed by atoms with Crippen LogP contribution in [-0.4, -0.2) is 31.2 Å². The first-order valence-electron chi connectivity index (χ1n) is 14.1. The van der Waals surface area contributed by atoms with Crippen LogP contribution in [0.2, 0.25) is 0 Å². The van der Waals surface area contributed by atoms with Gasteiger partial charge in [-0.25, -0.2) is 0 Å². The summed E-state index contributed by atoms with van der Waals surface area (Å²) >= 11 is 0. The molecule has 0 spiro atoms. The Kier molecular flexibility index (Phi) is 26.0. The molecule has 210 valence electrons. The molecule has 0 radical (unpaired) electrons. The van der Waals surface area contributed by atoms with Crippen molar-refractivity contribution in [2.75, 3.05) is 13.2 Å².